The minimum absolute atomic E-state index is 0.00940. The van der Waals surface area contributed by atoms with Gasteiger partial charge in [-0.2, -0.15) is 0 Å². The average Bonchev–Trinajstić information content (AvgIpc) is 3.02. The van der Waals surface area contributed by atoms with Gasteiger partial charge in [0.05, 0.1) is 6.04 Å². The Kier molecular flexibility index (Phi) is 5.86. The summed E-state index contributed by atoms with van der Waals surface area (Å²) in [7, 11) is 1.89. The maximum Gasteiger partial charge on any atom is 0.251 e. The number of benzene rings is 2. The smallest absolute Gasteiger partial charge is 0.251 e. The molecule has 0 aromatic heterocycles. The Morgan fingerprint density at radius 2 is 1.85 bits per heavy atom. The fourth-order valence-corrected chi connectivity index (χ4v) is 3.48. The van der Waals surface area contributed by atoms with Gasteiger partial charge >= 0.3 is 0 Å². The molecule has 0 aliphatic carbocycles. The number of nitrogens with one attached hydrogen (secondary N) is 2. The predicted molar refractivity (Wildman–Crippen MR) is 103 cm³/mol. The van der Waals surface area contributed by atoms with Crippen LogP contribution in [-0.4, -0.2) is 48.9 Å². The van der Waals surface area contributed by atoms with Crippen LogP contribution >= 0.6 is 0 Å². The van der Waals surface area contributed by atoms with E-state index in [1.165, 1.54) is 12.1 Å². The van der Waals surface area contributed by atoms with Crippen molar-refractivity contribution in [1.29, 1.82) is 0 Å². The molecule has 142 valence electrons. The largest absolute Gasteiger partial charge is 0.355 e. The summed E-state index contributed by atoms with van der Waals surface area (Å²) in [6.07, 6.45) is 0.581. The first-order valence-corrected chi connectivity index (χ1v) is 9.12. The van der Waals surface area contributed by atoms with Gasteiger partial charge in [0.2, 0.25) is 5.91 Å². The first-order valence-electron chi connectivity index (χ1n) is 9.12. The number of amides is 2. The summed E-state index contributed by atoms with van der Waals surface area (Å²) in [4.78, 5) is 26.7. The van der Waals surface area contributed by atoms with Crippen molar-refractivity contribution in [3.63, 3.8) is 0 Å². The highest BCUT2D eigenvalue weighted by Gasteiger charge is 2.34. The van der Waals surface area contributed by atoms with Crippen LogP contribution < -0.4 is 10.6 Å². The summed E-state index contributed by atoms with van der Waals surface area (Å²) in [6, 6.07) is 13.1. The van der Waals surface area contributed by atoms with Crippen molar-refractivity contribution >= 4 is 11.8 Å². The zero-order valence-corrected chi connectivity index (χ0v) is 15.5. The molecule has 0 unspecified atom stereocenters. The molecule has 1 fully saturated rings. The number of carbonyl (C=O) groups excluding carboxylic acids is 2. The van der Waals surface area contributed by atoms with E-state index < -0.39 is 0 Å². The summed E-state index contributed by atoms with van der Waals surface area (Å²) < 4.78 is 13.5. The van der Waals surface area contributed by atoms with Crippen molar-refractivity contribution in [3.8, 4) is 11.1 Å². The number of likely N-dealkylation sites (N-methyl/N-ethyl adjacent to an activating group) is 2. The van der Waals surface area contributed by atoms with Crippen molar-refractivity contribution in [3.05, 3.63) is 59.9 Å². The molecule has 1 saturated heterocycles. The highest BCUT2D eigenvalue weighted by atomic mass is 19.1. The number of halogens is 1. The Hall–Kier alpha value is -2.73. The second-order valence-corrected chi connectivity index (χ2v) is 6.85. The fraction of sp³-hybridized carbons (Fsp3) is 0.333. The number of hydrogen-bond acceptors (Lipinski definition) is 3. The lowest BCUT2D eigenvalue weighted by atomic mass is 10.0. The van der Waals surface area contributed by atoms with Crippen LogP contribution in [0.15, 0.2) is 48.5 Å². The van der Waals surface area contributed by atoms with E-state index in [-0.39, 0.29) is 29.7 Å². The van der Waals surface area contributed by atoms with E-state index in [4.69, 9.17) is 0 Å². The average molecular weight is 369 g/mol. The van der Waals surface area contributed by atoms with Crippen LogP contribution in [0.4, 0.5) is 4.39 Å². The summed E-state index contributed by atoms with van der Waals surface area (Å²) in [5.74, 6) is -0.513. The van der Waals surface area contributed by atoms with Crippen molar-refractivity contribution in [2.24, 2.45) is 0 Å². The minimum atomic E-state index is -0.312. The molecule has 1 heterocycles. The van der Waals surface area contributed by atoms with Crippen molar-refractivity contribution in [2.45, 2.75) is 25.4 Å². The number of hydrogen-bond donors (Lipinski definition) is 2. The van der Waals surface area contributed by atoms with Crippen molar-refractivity contribution in [1.82, 2.24) is 15.5 Å². The first kappa shape index (κ1) is 19.0. The highest BCUT2D eigenvalue weighted by Crippen LogP contribution is 2.22. The molecule has 0 spiro atoms. The summed E-state index contributed by atoms with van der Waals surface area (Å²) in [5, 5.41) is 5.84. The Balaban J connectivity index is 1.68. The number of likely N-dealkylation sites (tertiary alicyclic amines) is 1. The molecule has 27 heavy (non-hydrogen) atoms. The van der Waals surface area contributed by atoms with E-state index in [0.717, 1.165) is 11.1 Å². The van der Waals surface area contributed by atoms with E-state index >= 15 is 0 Å². The van der Waals surface area contributed by atoms with Gasteiger partial charge < -0.3 is 10.6 Å². The molecule has 2 aromatic rings. The van der Waals surface area contributed by atoms with Crippen LogP contribution in [0, 0.1) is 5.82 Å². The second kappa shape index (κ2) is 8.31. The van der Waals surface area contributed by atoms with Gasteiger partial charge in [0.25, 0.3) is 5.91 Å². The SMILES string of the molecule is CCNC(=O)[C@@H]1C[C@H](NC(=O)c2cccc(-c3cccc(F)c3)c2)CN1C. The quantitative estimate of drug-likeness (QED) is 0.851. The lowest BCUT2D eigenvalue weighted by Crippen LogP contribution is -2.41. The van der Waals surface area contributed by atoms with Crippen LogP contribution in [0.2, 0.25) is 0 Å². The maximum atomic E-state index is 13.5. The number of carbonyl (C=O) groups is 2. The zero-order valence-electron chi connectivity index (χ0n) is 15.5. The van der Waals surface area contributed by atoms with Crippen molar-refractivity contribution < 1.29 is 14.0 Å². The van der Waals surface area contributed by atoms with Gasteiger partial charge in [0.15, 0.2) is 0 Å². The van der Waals surface area contributed by atoms with Gasteiger partial charge in [0, 0.05) is 24.7 Å². The Morgan fingerprint density at radius 1 is 1.15 bits per heavy atom. The number of nitrogens with zero attached hydrogens (tertiary/aromatic N) is 1. The fourth-order valence-electron chi connectivity index (χ4n) is 3.48. The molecule has 1 aliphatic heterocycles. The molecule has 1 aliphatic rings. The lowest BCUT2D eigenvalue weighted by molar-refractivity contribution is -0.124. The molecule has 0 saturated carbocycles. The molecule has 2 atom stereocenters. The van der Waals surface area contributed by atoms with Crippen LogP contribution in [0.1, 0.15) is 23.7 Å². The summed E-state index contributed by atoms with van der Waals surface area (Å²) >= 11 is 0. The van der Waals surface area contributed by atoms with Crippen LogP contribution in [0.3, 0.4) is 0 Å². The van der Waals surface area contributed by atoms with Crippen LogP contribution in [0.25, 0.3) is 11.1 Å². The molecule has 0 bridgehead atoms. The molecule has 2 N–H and O–H groups in total. The van der Waals surface area contributed by atoms with E-state index in [9.17, 15) is 14.0 Å². The minimum Gasteiger partial charge on any atom is -0.355 e. The summed E-state index contributed by atoms with van der Waals surface area (Å²) in [5.41, 5.74) is 2.02. The standard InChI is InChI=1S/C21H24FN3O2/c1-3-23-21(27)19-12-18(13-25(19)2)24-20(26)16-8-4-6-14(10-16)15-7-5-9-17(22)11-15/h4-11,18-19H,3,12-13H2,1-2H3,(H,23,27)(H,24,26)/t18-,19-/m0/s1. The van der Waals surface area contributed by atoms with Crippen molar-refractivity contribution in [2.75, 3.05) is 20.1 Å². The lowest BCUT2D eigenvalue weighted by Gasteiger charge is -2.17. The van der Waals surface area contributed by atoms with Gasteiger partial charge in [-0.05, 0) is 55.8 Å². The third kappa shape index (κ3) is 4.52. The molecule has 2 amide bonds. The van der Waals surface area contributed by atoms with E-state index in [2.05, 4.69) is 10.6 Å². The first-order chi connectivity index (χ1) is 13.0. The molecule has 0 radical (unpaired) electrons. The zero-order chi connectivity index (χ0) is 19.4. The highest BCUT2D eigenvalue weighted by molar-refractivity contribution is 5.95. The Labute approximate surface area is 158 Å². The van der Waals surface area contributed by atoms with Crippen LogP contribution in [-0.2, 0) is 4.79 Å². The molecule has 2 aromatic carbocycles. The monoisotopic (exact) mass is 369 g/mol. The Morgan fingerprint density at radius 3 is 2.56 bits per heavy atom. The normalized spacial score (nSPS) is 19.7. The third-order valence-corrected chi connectivity index (χ3v) is 4.82. The van der Waals surface area contributed by atoms with Gasteiger partial charge in [-0.3, -0.25) is 14.5 Å². The predicted octanol–water partition coefficient (Wildman–Crippen LogP) is 2.43. The van der Waals surface area contributed by atoms with E-state index in [1.807, 2.05) is 31.0 Å². The topological polar surface area (TPSA) is 61.4 Å². The molecule has 6 heteroatoms. The van der Waals surface area contributed by atoms with Gasteiger partial charge in [-0.25, -0.2) is 4.39 Å². The Bertz CT molecular complexity index is 840. The van der Waals surface area contributed by atoms with Gasteiger partial charge in [-0.1, -0.05) is 24.3 Å². The second-order valence-electron chi connectivity index (χ2n) is 6.85. The van der Waals surface area contributed by atoms with E-state index in [1.54, 1.807) is 24.3 Å². The van der Waals surface area contributed by atoms with E-state index in [0.29, 0.717) is 25.1 Å². The van der Waals surface area contributed by atoms with Gasteiger partial charge in [-0.15, -0.1) is 0 Å². The molecular weight excluding hydrogens is 345 g/mol. The van der Waals surface area contributed by atoms with Crippen LogP contribution in [0.5, 0.6) is 0 Å². The molecule has 5 nitrogen and oxygen atoms in total. The van der Waals surface area contributed by atoms with Gasteiger partial charge in [0.1, 0.15) is 5.82 Å². The number of rotatable bonds is 5. The molecule has 3 rings (SSSR count). The maximum absolute atomic E-state index is 13.5. The summed E-state index contributed by atoms with van der Waals surface area (Å²) in [6.45, 7) is 3.10. The molecular formula is C21H24FN3O2. The third-order valence-electron chi connectivity index (χ3n) is 4.82.